The average Bonchev–Trinajstić information content (AvgIpc) is 1.62. The molecule has 0 unspecified atom stereocenters. The quantitative estimate of drug-likeness (QED) is 0.357. The third-order valence-electron chi connectivity index (χ3n) is 0.939. The molecule has 0 aromatic rings. The summed E-state index contributed by atoms with van der Waals surface area (Å²) in [7, 11) is 3.32. The normalized spacial score (nSPS) is 12.6. The Balaban J connectivity index is 0. The van der Waals surface area contributed by atoms with Crippen molar-refractivity contribution in [2.75, 3.05) is 0 Å². The second kappa shape index (κ2) is 4.29. The van der Waals surface area contributed by atoms with Gasteiger partial charge < -0.3 is 10.7 Å². The molecule has 0 saturated carbocycles. The van der Waals surface area contributed by atoms with Crippen molar-refractivity contribution >= 4 is 5.84 Å². The molecule has 0 bridgehead atoms. The van der Waals surface area contributed by atoms with Crippen molar-refractivity contribution in [1.82, 2.24) is 0 Å². The molecule has 0 aliphatic rings. The Bertz CT molecular complexity index is 102. The largest absolute Gasteiger partial charge is 0.463 e. The second-order valence-corrected chi connectivity index (χ2v) is 2.79. The first-order valence-electron chi connectivity index (χ1n) is 2.58. The minimum absolute atomic E-state index is 0. The molecule has 2 nitrogen and oxygen atoms in total. The molecule has 0 aromatic heterocycles. The number of amidine groups is 1. The molecule has 0 heterocycles. The van der Waals surface area contributed by atoms with Crippen molar-refractivity contribution in [2.45, 2.75) is 20.8 Å². The van der Waals surface area contributed by atoms with E-state index in [2.05, 4.69) is 12.0 Å². The summed E-state index contributed by atoms with van der Waals surface area (Å²) in [5.74, 6) is 0.595. The van der Waals surface area contributed by atoms with E-state index in [0.29, 0.717) is 5.84 Å². The third kappa shape index (κ3) is 4.92. The molecule has 0 rings (SSSR count). The Hall–Kier alpha value is 0.444. The van der Waals surface area contributed by atoms with E-state index in [9.17, 15) is 0 Å². The van der Waals surface area contributed by atoms with Crippen molar-refractivity contribution in [2.24, 2.45) is 16.1 Å². The van der Waals surface area contributed by atoms with E-state index in [1.807, 2.05) is 20.8 Å². The fourth-order valence-electron chi connectivity index (χ4n) is 0.237. The van der Waals surface area contributed by atoms with Gasteiger partial charge in [-0.05, 0) is 5.41 Å². The summed E-state index contributed by atoms with van der Waals surface area (Å²) >= 11 is 0. The van der Waals surface area contributed by atoms with Gasteiger partial charge in [0, 0.05) is 32.7 Å². The number of nitrogens with zero attached hydrogens (tertiary/aromatic N) is 1. The molecule has 0 amide bonds. The van der Waals surface area contributed by atoms with Crippen molar-refractivity contribution in [3.05, 3.63) is 7.05 Å². The van der Waals surface area contributed by atoms with E-state index in [0.717, 1.165) is 0 Å². The number of aliphatic imine (C=N–C) groups is 1. The summed E-state index contributed by atoms with van der Waals surface area (Å²) < 4.78 is 0. The first-order valence-corrected chi connectivity index (χ1v) is 2.58. The second-order valence-electron chi connectivity index (χ2n) is 2.79. The average molecular weight is 202 g/mol. The molecule has 0 aromatic carbocycles. The van der Waals surface area contributed by atoms with E-state index in [1.54, 1.807) is 0 Å². The molecule has 0 atom stereocenters. The maximum absolute atomic E-state index is 5.44. The summed E-state index contributed by atoms with van der Waals surface area (Å²) in [4.78, 5) is 3.60. The van der Waals surface area contributed by atoms with Crippen molar-refractivity contribution < 1.29 is 32.7 Å². The summed E-state index contributed by atoms with van der Waals surface area (Å²) in [6.07, 6.45) is 0. The maximum atomic E-state index is 5.44. The van der Waals surface area contributed by atoms with Gasteiger partial charge in [0.15, 0.2) is 0 Å². The predicted molar refractivity (Wildman–Crippen MR) is 36.4 cm³/mol. The van der Waals surface area contributed by atoms with E-state index < -0.39 is 0 Å². The van der Waals surface area contributed by atoms with Crippen molar-refractivity contribution in [3.63, 3.8) is 0 Å². The topological polar surface area (TPSA) is 38.4 Å². The SMILES string of the molecule is [CH2-]N=C(N)C(C)(C)C.[Y]. The van der Waals surface area contributed by atoms with Gasteiger partial charge in [-0.1, -0.05) is 26.6 Å². The molecule has 0 spiro atoms. The molecule has 0 aliphatic heterocycles. The zero-order valence-corrected chi connectivity index (χ0v) is 9.15. The van der Waals surface area contributed by atoms with Gasteiger partial charge in [0.25, 0.3) is 0 Å². The van der Waals surface area contributed by atoms with Crippen LogP contribution in [0, 0.1) is 12.5 Å². The van der Waals surface area contributed by atoms with Crippen LogP contribution < -0.4 is 5.73 Å². The smallest absolute Gasteiger partial charge is 0 e. The van der Waals surface area contributed by atoms with Gasteiger partial charge in [-0.25, -0.2) is 0 Å². The Morgan fingerprint density at radius 2 is 1.78 bits per heavy atom. The number of hydrogen-bond donors (Lipinski definition) is 1. The molecule has 2 N–H and O–H groups in total. The number of nitrogens with two attached hydrogens (primary N) is 1. The van der Waals surface area contributed by atoms with Crippen LogP contribution >= 0.6 is 0 Å². The molecule has 0 fully saturated rings. The van der Waals surface area contributed by atoms with Crippen LogP contribution in [0.3, 0.4) is 0 Å². The van der Waals surface area contributed by atoms with Gasteiger partial charge in [0.2, 0.25) is 0 Å². The van der Waals surface area contributed by atoms with Crippen LogP contribution in [0.1, 0.15) is 20.8 Å². The Morgan fingerprint density at radius 3 is 1.78 bits per heavy atom. The Morgan fingerprint density at radius 1 is 1.44 bits per heavy atom. The minimum Gasteiger partial charge on any atom is -0.463 e. The van der Waals surface area contributed by atoms with Crippen molar-refractivity contribution in [1.29, 1.82) is 0 Å². The van der Waals surface area contributed by atoms with Crippen LogP contribution in [-0.2, 0) is 32.7 Å². The standard InChI is InChI=1S/C6H13N2.Y/c1-6(2,3)5(7)8-4;/h4H2,1-3H3,(H2,7,8);/q-1;. The van der Waals surface area contributed by atoms with E-state index in [-0.39, 0.29) is 38.1 Å². The first kappa shape index (κ1) is 12.2. The molecule has 0 aliphatic carbocycles. The van der Waals surface area contributed by atoms with Crippen LogP contribution in [0.15, 0.2) is 4.99 Å². The summed E-state index contributed by atoms with van der Waals surface area (Å²) in [5, 5.41) is 0. The van der Waals surface area contributed by atoms with Crippen LogP contribution in [0.4, 0.5) is 0 Å². The summed E-state index contributed by atoms with van der Waals surface area (Å²) in [5.41, 5.74) is 5.41. The minimum atomic E-state index is -0.0260. The molecule has 0 saturated heterocycles. The van der Waals surface area contributed by atoms with E-state index in [4.69, 9.17) is 5.73 Å². The maximum Gasteiger partial charge on any atom is 0 e. The van der Waals surface area contributed by atoms with Crippen LogP contribution in [0.2, 0.25) is 0 Å². The monoisotopic (exact) mass is 202 g/mol. The molecule has 9 heavy (non-hydrogen) atoms. The number of hydrogen-bond acceptors (Lipinski definition) is 1. The van der Waals surface area contributed by atoms with E-state index >= 15 is 0 Å². The summed E-state index contributed by atoms with van der Waals surface area (Å²) in [6.45, 7) is 5.99. The van der Waals surface area contributed by atoms with Gasteiger partial charge >= 0.3 is 0 Å². The fraction of sp³-hybridized carbons (Fsp3) is 0.667. The zero-order valence-electron chi connectivity index (χ0n) is 6.31. The molecule has 3 heteroatoms. The van der Waals surface area contributed by atoms with Crippen LogP contribution in [0.25, 0.3) is 0 Å². The third-order valence-corrected chi connectivity index (χ3v) is 0.939. The zero-order chi connectivity index (χ0) is 6.78. The first-order chi connectivity index (χ1) is 3.48. The molecule has 1 radical (unpaired) electrons. The van der Waals surface area contributed by atoms with Crippen LogP contribution in [-0.4, -0.2) is 5.84 Å². The van der Waals surface area contributed by atoms with Crippen molar-refractivity contribution in [3.8, 4) is 0 Å². The Kier molecular flexibility index (Phi) is 5.79. The van der Waals surface area contributed by atoms with Gasteiger partial charge in [-0.15, -0.1) is 0 Å². The van der Waals surface area contributed by atoms with Gasteiger partial charge in [-0.3, -0.25) is 0 Å². The van der Waals surface area contributed by atoms with Gasteiger partial charge in [0.1, 0.15) is 0 Å². The molecular formula is C6H13N2Y-. The predicted octanol–water partition coefficient (Wildman–Crippen LogP) is 1.18. The fourth-order valence-corrected chi connectivity index (χ4v) is 0.237. The molecule has 51 valence electrons. The van der Waals surface area contributed by atoms with Crippen LogP contribution in [0.5, 0.6) is 0 Å². The van der Waals surface area contributed by atoms with Gasteiger partial charge in [-0.2, -0.15) is 7.05 Å². The Labute approximate surface area is 82.2 Å². The summed E-state index contributed by atoms with van der Waals surface area (Å²) in [6, 6.07) is 0. The molecular weight excluding hydrogens is 189 g/mol. The number of rotatable bonds is 0. The van der Waals surface area contributed by atoms with Gasteiger partial charge in [0.05, 0.1) is 0 Å². The van der Waals surface area contributed by atoms with E-state index in [1.165, 1.54) is 0 Å².